The number of urea groups is 1. The summed E-state index contributed by atoms with van der Waals surface area (Å²) in [6.45, 7) is 2.96. The number of nitrogens with one attached hydrogen (secondary N) is 3. The normalized spacial score (nSPS) is 20.8. The first-order valence-corrected chi connectivity index (χ1v) is 12.1. The second-order valence-corrected chi connectivity index (χ2v) is 10.4. The van der Waals surface area contributed by atoms with Crippen molar-refractivity contribution in [1.29, 1.82) is 0 Å². The summed E-state index contributed by atoms with van der Waals surface area (Å²) < 4.78 is 27.7. The zero-order valence-electron chi connectivity index (χ0n) is 16.0. The molecule has 1 unspecified atom stereocenters. The molecule has 3 amide bonds. The molecule has 1 saturated carbocycles. The summed E-state index contributed by atoms with van der Waals surface area (Å²) in [5, 5.41) is 7.02. The van der Waals surface area contributed by atoms with Crippen LogP contribution in [0.1, 0.15) is 45.4 Å². The zero-order chi connectivity index (χ0) is 20.1. The molecule has 8 nitrogen and oxygen atoms in total. The molecule has 0 aromatic carbocycles. The van der Waals surface area contributed by atoms with Gasteiger partial charge >= 0.3 is 6.03 Å². The molecule has 0 bridgehead atoms. The van der Waals surface area contributed by atoms with Crippen LogP contribution in [-0.4, -0.2) is 56.5 Å². The van der Waals surface area contributed by atoms with Gasteiger partial charge in [0.2, 0.25) is 15.9 Å². The molecule has 1 aromatic rings. The van der Waals surface area contributed by atoms with Gasteiger partial charge in [0.1, 0.15) is 4.21 Å². The van der Waals surface area contributed by atoms with Crippen LogP contribution in [0.4, 0.5) is 4.79 Å². The number of nitrogens with zero attached hydrogens (tertiary/aromatic N) is 1. The molecule has 1 atom stereocenters. The standard InChI is InChI=1S/C18H28N4O4S2/c1-13(17(23)20-18(24)19-14-5-2-3-6-14)22-10-8-15(9-11-22)21-28(25,26)16-7-4-12-27-16/h4,7,12-15,21H,2-3,5-6,8-11H2,1H3,(H2,19,20,23,24). The molecule has 1 aliphatic carbocycles. The summed E-state index contributed by atoms with van der Waals surface area (Å²) in [4.78, 5) is 26.3. The van der Waals surface area contributed by atoms with E-state index in [-0.39, 0.29) is 18.0 Å². The van der Waals surface area contributed by atoms with E-state index in [0.717, 1.165) is 25.7 Å². The van der Waals surface area contributed by atoms with E-state index in [0.29, 0.717) is 30.1 Å². The Morgan fingerprint density at radius 2 is 1.82 bits per heavy atom. The van der Waals surface area contributed by atoms with Crippen molar-refractivity contribution in [3.05, 3.63) is 17.5 Å². The van der Waals surface area contributed by atoms with Crippen LogP contribution in [0.5, 0.6) is 0 Å². The molecule has 0 radical (unpaired) electrons. The molecule has 156 valence electrons. The van der Waals surface area contributed by atoms with E-state index in [9.17, 15) is 18.0 Å². The predicted octanol–water partition coefficient (Wildman–Crippen LogP) is 1.65. The van der Waals surface area contributed by atoms with Crippen molar-refractivity contribution in [2.45, 2.75) is 67.8 Å². The SMILES string of the molecule is CC(C(=O)NC(=O)NC1CCCC1)N1CCC(NS(=O)(=O)c2cccs2)CC1. The van der Waals surface area contributed by atoms with Gasteiger partial charge in [-0.05, 0) is 44.1 Å². The molecule has 10 heteroatoms. The lowest BCUT2D eigenvalue weighted by molar-refractivity contribution is -0.125. The highest BCUT2D eigenvalue weighted by Gasteiger charge is 2.30. The number of likely N-dealkylation sites (tertiary alicyclic amines) is 1. The highest BCUT2D eigenvalue weighted by atomic mass is 32.2. The van der Waals surface area contributed by atoms with E-state index < -0.39 is 22.1 Å². The summed E-state index contributed by atoms with van der Waals surface area (Å²) in [7, 11) is -3.48. The van der Waals surface area contributed by atoms with Gasteiger partial charge in [0.25, 0.3) is 0 Å². The molecule has 2 heterocycles. The Bertz CT molecular complexity index is 768. The van der Waals surface area contributed by atoms with Crippen molar-refractivity contribution in [2.24, 2.45) is 0 Å². The average molecular weight is 429 g/mol. The second kappa shape index (κ2) is 9.34. The van der Waals surface area contributed by atoms with Gasteiger partial charge in [0, 0.05) is 25.2 Å². The largest absolute Gasteiger partial charge is 0.335 e. The maximum absolute atomic E-state index is 12.4. The topological polar surface area (TPSA) is 108 Å². The Morgan fingerprint density at radius 1 is 1.14 bits per heavy atom. The van der Waals surface area contributed by atoms with E-state index in [1.165, 1.54) is 11.3 Å². The maximum Gasteiger partial charge on any atom is 0.321 e. The van der Waals surface area contributed by atoms with Crippen LogP contribution in [-0.2, 0) is 14.8 Å². The van der Waals surface area contributed by atoms with Crippen LogP contribution in [0.15, 0.2) is 21.7 Å². The van der Waals surface area contributed by atoms with Crippen molar-refractivity contribution in [2.75, 3.05) is 13.1 Å². The second-order valence-electron chi connectivity index (χ2n) is 7.48. The molecule has 2 fully saturated rings. The molecule has 28 heavy (non-hydrogen) atoms. The van der Waals surface area contributed by atoms with Crippen LogP contribution in [0.2, 0.25) is 0 Å². The van der Waals surface area contributed by atoms with Crippen molar-refractivity contribution in [3.63, 3.8) is 0 Å². The fraction of sp³-hybridized carbons (Fsp3) is 0.667. The number of amides is 3. The van der Waals surface area contributed by atoms with E-state index in [2.05, 4.69) is 15.4 Å². The first-order chi connectivity index (χ1) is 13.3. The van der Waals surface area contributed by atoms with E-state index >= 15 is 0 Å². The van der Waals surface area contributed by atoms with E-state index in [4.69, 9.17) is 0 Å². The molecule has 3 rings (SSSR count). The molecule has 3 N–H and O–H groups in total. The number of thiophene rings is 1. The lowest BCUT2D eigenvalue weighted by Crippen LogP contribution is -2.54. The third-order valence-electron chi connectivity index (χ3n) is 5.47. The predicted molar refractivity (Wildman–Crippen MR) is 108 cm³/mol. The number of hydrogen-bond donors (Lipinski definition) is 3. The third kappa shape index (κ3) is 5.53. The smallest absolute Gasteiger partial charge is 0.321 e. The monoisotopic (exact) mass is 428 g/mol. The Morgan fingerprint density at radius 3 is 2.43 bits per heavy atom. The zero-order valence-corrected chi connectivity index (χ0v) is 17.7. The minimum absolute atomic E-state index is 0.149. The lowest BCUT2D eigenvalue weighted by atomic mass is 10.0. The van der Waals surface area contributed by atoms with Gasteiger partial charge in [-0.25, -0.2) is 17.9 Å². The summed E-state index contributed by atoms with van der Waals surface area (Å²) in [6.07, 6.45) is 5.39. The van der Waals surface area contributed by atoms with Crippen LogP contribution in [0.25, 0.3) is 0 Å². The summed E-state index contributed by atoms with van der Waals surface area (Å²) in [5.41, 5.74) is 0. The third-order valence-corrected chi connectivity index (χ3v) is 8.38. The number of carbonyl (C=O) groups excluding carboxylic acids is 2. The van der Waals surface area contributed by atoms with Crippen molar-refractivity contribution in [3.8, 4) is 0 Å². The maximum atomic E-state index is 12.4. The summed E-state index contributed by atoms with van der Waals surface area (Å²) in [5.74, 6) is -0.326. The Hall–Kier alpha value is -1.49. The van der Waals surface area contributed by atoms with E-state index in [1.54, 1.807) is 24.4 Å². The number of sulfonamides is 1. The van der Waals surface area contributed by atoms with Gasteiger partial charge in [-0.2, -0.15) is 0 Å². The van der Waals surface area contributed by atoms with Gasteiger partial charge in [0.05, 0.1) is 6.04 Å². The van der Waals surface area contributed by atoms with Crippen LogP contribution in [0, 0.1) is 0 Å². The van der Waals surface area contributed by atoms with Crippen LogP contribution < -0.4 is 15.4 Å². The van der Waals surface area contributed by atoms with E-state index in [1.807, 2.05) is 4.90 Å². The summed E-state index contributed by atoms with van der Waals surface area (Å²) >= 11 is 1.19. The molecular formula is C18H28N4O4S2. The van der Waals surface area contributed by atoms with Gasteiger partial charge < -0.3 is 5.32 Å². The molecule has 2 aliphatic rings. The Kier molecular flexibility index (Phi) is 7.08. The number of piperidine rings is 1. The van der Waals surface area contributed by atoms with Gasteiger partial charge in [-0.3, -0.25) is 15.0 Å². The Labute approximate surface area is 170 Å². The first kappa shape index (κ1) is 21.2. The number of hydrogen-bond acceptors (Lipinski definition) is 6. The minimum Gasteiger partial charge on any atom is -0.335 e. The molecule has 1 aromatic heterocycles. The Balaban J connectivity index is 1.43. The molecule has 1 aliphatic heterocycles. The van der Waals surface area contributed by atoms with Crippen molar-refractivity contribution >= 4 is 33.3 Å². The molecule has 1 saturated heterocycles. The number of rotatable bonds is 6. The highest BCUT2D eigenvalue weighted by Crippen LogP contribution is 2.20. The number of carbonyl (C=O) groups is 2. The minimum atomic E-state index is -3.48. The molecular weight excluding hydrogens is 400 g/mol. The average Bonchev–Trinajstić information content (AvgIpc) is 3.35. The van der Waals surface area contributed by atoms with Crippen LogP contribution in [0.3, 0.4) is 0 Å². The van der Waals surface area contributed by atoms with Crippen molar-refractivity contribution < 1.29 is 18.0 Å². The van der Waals surface area contributed by atoms with Gasteiger partial charge in [-0.1, -0.05) is 18.9 Å². The van der Waals surface area contributed by atoms with Crippen molar-refractivity contribution in [1.82, 2.24) is 20.3 Å². The fourth-order valence-corrected chi connectivity index (χ4v) is 6.09. The van der Waals surface area contributed by atoms with Crippen LogP contribution >= 0.6 is 11.3 Å². The highest BCUT2D eigenvalue weighted by molar-refractivity contribution is 7.91. The number of imide groups is 1. The van der Waals surface area contributed by atoms with Gasteiger partial charge in [0.15, 0.2) is 0 Å². The van der Waals surface area contributed by atoms with Gasteiger partial charge in [-0.15, -0.1) is 11.3 Å². The summed E-state index contributed by atoms with van der Waals surface area (Å²) in [6, 6.07) is 2.45. The lowest BCUT2D eigenvalue weighted by Gasteiger charge is -2.35. The fourth-order valence-electron chi connectivity index (χ4n) is 3.77. The first-order valence-electron chi connectivity index (χ1n) is 9.76. The quantitative estimate of drug-likeness (QED) is 0.639. The molecule has 0 spiro atoms.